The van der Waals surface area contributed by atoms with E-state index in [4.69, 9.17) is 0 Å². The summed E-state index contributed by atoms with van der Waals surface area (Å²) in [7, 11) is 0. The van der Waals surface area contributed by atoms with Gasteiger partial charge in [0, 0.05) is 0 Å². The third-order valence-electron chi connectivity index (χ3n) is 12.1. The van der Waals surface area contributed by atoms with Crippen LogP contribution in [0.25, 0.3) is 110 Å². The number of hydrogen-bond donors (Lipinski definition) is 0. The van der Waals surface area contributed by atoms with E-state index in [0.717, 1.165) is 0 Å². The molecule has 0 amide bonds. The zero-order chi connectivity index (χ0) is 37.7. The van der Waals surface area contributed by atoms with Gasteiger partial charge < -0.3 is 0 Å². The van der Waals surface area contributed by atoms with E-state index in [9.17, 15) is 0 Å². The Hall–Kier alpha value is -6.76. The van der Waals surface area contributed by atoms with Gasteiger partial charge in [-0.15, -0.1) is 0 Å². The molecule has 0 saturated heterocycles. The number of aryl methyl sites for hydroxylation is 4. The summed E-state index contributed by atoms with van der Waals surface area (Å²) in [6.07, 6.45) is 0. The molecule has 0 heteroatoms. The maximum Gasteiger partial charge on any atom is -0.000740 e. The fraction of sp³-hybridized carbons (Fsp3) is 0.0714. The topological polar surface area (TPSA) is 0 Å². The summed E-state index contributed by atoms with van der Waals surface area (Å²) in [4.78, 5) is 0. The molecular weight excluding hydrogens is 673 g/mol. The lowest BCUT2D eigenvalue weighted by molar-refractivity contribution is 1.38. The minimum absolute atomic E-state index is 1.24. The van der Waals surface area contributed by atoms with Gasteiger partial charge in [0.2, 0.25) is 0 Å². The standard InChI is InChI=1S/C56H40/c1-33-25-34(2)28-39(27-33)51-44-21-13-14-22-45(44)52(40-29-35(3)26-36(4)30-40)48-32-50-49(31-47(48)51)54-41(37-15-7-5-8-16-37)23-24-46-42-19-11-12-20-43(42)53(56(50)55(46)54)38-17-9-6-10-18-38/h5-32H,1-4H3. The molecule has 0 N–H and O–H groups in total. The van der Waals surface area contributed by atoms with Gasteiger partial charge in [-0.05, 0) is 150 Å². The first-order chi connectivity index (χ1) is 27.4. The van der Waals surface area contributed by atoms with Gasteiger partial charge in [0.15, 0.2) is 0 Å². The fourth-order valence-corrected chi connectivity index (χ4v) is 10.1. The van der Waals surface area contributed by atoms with Crippen LogP contribution in [0.3, 0.4) is 0 Å². The lowest BCUT2D eigenvalue weighted by atomic mass is 9.82. The molecule has 0 saturated carbocycles. The molecule has 10 aromatic rings. The molecular formula is C56H40. The van der Waals surface area contributed by atoms with Gasteiger partial charge in [0.25, 0.3) is 0 Å². The summed E-state index contributed by atoms with van der Waals surface area (Å²) in [5.41, 5.74) is 20.6. The summed E-state index contributed by atoms with van der Waals surface area (Å²) >= 11 is 0. The molecule has 0 heterocycles. The molecule has 0 spiro atoms. The van der Waals surface area contributed by atoms with Gasteiger partial charge in [-0.1, -0.05) is 180 Å². The molecule has 0 fully saturated rings. The predicted molar refractivity (Wildman–Crippen MR) is 242 cm³/mol. The van der Waals surface area contributed by atoms with Crippen LogP contribution in [0, 0.1) is 27.7 Å². The molecule has 0 radical (unpaired) electrons. The number of rotatable bonds is 4. The maximum atomic E-state index is 2.57. The normalized spacial score (nSPS) is 11.9. The van der Waals surface area contributed by atoms with Crippen LogP contribution >= 0.6 is 0 Å². The highest BCUT2D eigenvalue weighted by Crippen LogP contribution is 2.59. The number of hydrogen-bond acceptors (Lipinski definition) is 0. The van der Waals surface area contributed by atoms with E-state index in [1.807, 2.05) is 0 Å². The van der Waals surface area contributed by atoms with Crippen LogP contribution in [-0.4, -0.2) is 0 Å². The second kappa shape index (κ2) is 12.4. The molecule has 264 valence electrons. The van der Waals surface area contributed by atoms with Gasteiger partial charge in [-0.3, -0.25) is 0 Å². The maximum absolute atomic E-state index is 2.57. The van der Waals surface area contributed by atoms with Gasteiger partial charge in [0.05, 0.1) is 0 Å². The van der Waals surface area contributed by atoms with Crippen LogP contribution in [0.15, 0.2) is 170 Å². The third-order valence-corrected chi connectivity index (χ3v) is 12.1. The van der Waals surface area contributed by atoms with E-state index in [-0.39, 0.29) is 0 Å². The average molecular weight is 713 g/mol. The van der Waals surface area contributed by atoms with Gasteiger partial charge >= 0.3 is 0 Å². The Balaban J connectivity index is 1.40. The molecule has 1 aliphatic rings. The zero-order valence-electron chi connectivity index (χ0n) is 32.2. The lowest BCUT2D eigenvalue weighted by Gasteiger charge is -2.21. The first kappa shape index (κ1) is 32.7. The van der Waals surface area contributed by atoms with Crippen molar-refractivity contribution in [3.05, 3.63) is 192 Å². The van der Waals surface area contributed by atoms with Crippen LogP contribution in [0.2, 0.25) is 0 Å². The van der Waals surface area contributed by atoms with E-state index in [1.165, 1.54) is 132 Å². The number of benzene rings is 10. The van der Waals surface area contributed by atoms with Crippen LogP contribution in [0.1, 0.15) is 22.3 Å². The minimum Gasteiger partial charge on any atom is -0.0622 e. The summed E-state index contributed by atoms with van der Waals surface area (Å²) < 4.78 is 0. The molecule has 10 aromatic carbocycles. The molecule has 56 heavy (non-hydrogen) atoms. The quantitative estimate of drug-likeness (QED) is 0.126. The molecule has 0 nitrogen and oxygen atoms in total. The Morgan fingerprint density at radius 2 is 0.661 bits per heavy atom. The third kappa shape index (κ3) is 4.85. The van der Waals surface area contributed by atoms with Crippen molar-refractivity contribution in [3.8, 4) is 66.8 Å². The van der Waals surface area contributed by atoms with Crippen molar-refractivity contribution in [3.63, 3.8) is 0 Å². The molecule has 11 rings (SSSR count). The van der Waals surface area contributed by atoms with Gasteiger partial charge in [0.1, 0.15) is 0 Å². The fourth-order valence-electron chi connectivity index (χ4n) is 10.1. The highest BCUT2D eigenvalue weighted by atomic mass is 14.3. The highest BCUT2D eigenvalue weighted by Gasteiger charge is 2.31. The van der Waals surface area contributed by atoms with Crippen LogP contribution < -0.4 is 0 Å². The van der Waals surface area contributed by atoms with E-state index in [2.05, 4.69) is 198 Å². The first-order valence-electron chi connectivity index (χ1n) is 19.8. The minimum atomic E-state index is 1.24. The lowest BCUT2D eigenvalue weighted by Crippen LogP contribution is -1.94. The molecule has 1 aliphatic carbocycles. The summed E-state index contributed by atoms with van der Waals surface area (Å²) in [5.74, 6) is 0. The van der Waals surface area contributed by atoms with E-state index < -0.39 is 0 Å². The van der Waals surface area contributed by atoms with Crippen molar-refractivity contribution >= 4 is 43.1 Å². The summed E-state index contributed by atoms with van der Waals surface area (Å²) in [5, 5.41) is 10.4. The SMILES string of the molecule is Cc1cc(C)cc(-c2c3ccccc3c(-c3cc(C)cc(C)c3)c3cc4c(cc23)-c2c(-c3ccccc3)ccc3c2c-4c(-c2ccccc2)c2ccccc23)c1. The van der Waals surface area contributed by atoms with Crippen molar-refractivity contribution in [1.29, 1.82) is 0 Å². The largest absolute Gasteiger partial charge is 0.0622 e. The second-order valence-corrected chi connectivity index (χ2v) is 15.9. The second-order valence-electron chi connectivity index (χ2n) is 15.9. The highest BCUT2D eigenvalue weighted by molar-refractivity contribution is 6.33. The van der Waals surface area contributed by atoms with Crippen LogP contribution in [0.4, 0.5) is 0 Å². The summed E-state index contributed by atoms with van der Waals surface area (Å²) in [6.45, 7) is 8.90. The van der Waals surface area contributed by atoms with E-state index in [1.54, 1.807) is 0 Å². The molecule has 0 aromatic heterocycles. The molecule has 0 aliphatic heterocycles. The van der Waals surface area contributed by atoms with Crippen molar-refractivity contribution in [1.82, 2.24) is 0 Å². The Labute approximate surface area is 328 Å². The predicted octanol–water partition coefficient (Wildman–Crippen LogP) is 15.8. The Morgan fingerprint density at radius 3 is 1.18 bits per heavy atom. The van der Waals surface area contributed by atoms with E-state index in [0.29, 0.717) is 0 Å². The summed E-state index contributed by atoms with van der Waals surface area (Å²) in [6, 6.07) is 64.1. The monoisotopic (exact) mass is 712 g/mol. The Morgan fingerprint density at radius 1 is 0.232 bits per heavy atom. The Bertz CT molecular complexity index is 3210. The van der Waals surface area contributed by atoms with Crippen LogP contribution in [-0.2, 0) is 0 Å². The van der Waals surface area contributed by atoms with Crippen molar-refractivity contribution in [2.45, 2.75) is 27.7 Å². The van der Waals surface area contributed by atoms with E-state index >= 15 is 0 Å². The number of fused-ring (bicyclic) bond motifs is 7. The molecule has 0 bridgehead atoms. The van der Waals surface area contributed by atoms with Crippen LogP contribution in [0.5, 0.6) is 0 Å². The van der Waals surface area contributed by atoms with Crippen molar-refractivity contribution in [2.24, 2.45) is 0 Å². The average Bonchev–Trinajstić information content (AvgIpc) is 3.53. The van der Waals surface area contributed by atoms with Crippen molar-refractivity contribution in [2.75, 3.05) is 0 Å². The molecule has 0 unspecified atom stereocenters. The zero-order valence-corrected chi connectivity index (χ0v) is 32.2. The van der Waals surface area contributed by atoms with Crippen molar-refractivity contribution < 1.29 is 0 Å². The smallest absolute Gasteiger partial charge is 0.000740 e. The Kier molecular flexibility index (Phi) is 7.22. The molecule has 0 atom stereocenters. The first-order valence-corrected chi connectivity index (χ1v) is 19.8. The van der Waals surface area contributed by atoms with Gasteiger partial charge in [-0.2, -0.15) is 0 Å². The van der Waals surface area contributed by atoms with Gasteiger partial charge in [-0.25, -0.2) is 0 Å².